The second kappa shape index (κ2) is 7.19. The van der Waals surface area contributed by atoms with Crippen LogP contribution in [-0.4, -0.2) is 23.3 Å². The van der Waals surface area contributed by atoms with Crippen LogP contribution in [0.4, 0.5) is 0 Å². The number of carbonyl (C=O) groups is 2. The lowest BCUT2D eigenvalue weighted by molar-refractivity contribution is -0.141. The first kappa shape index (κ1) is 14.7. The van der Waals surface area contributed by atoms with Gasteiger partial charge in [0.2, 0.25) is 5.88 Å². The second-order valence-electron chi connectivity index (χ2n) is 4.21. The molecule has 0 radical (unpaired) electrons. The molecule has 0 bridgehead atoms. The summed E-state index contributed by atoms with van der Waals surface area (Å²) in [4.78, 5) is 27.1. The Balaban J connectivity index is 1.98. The van der Waals surface area contributed by atoms with Crippen molar-refractivity contribution in [2.45, 2.75) is 13.3 Å². The van der Waals surface area contributed by atoms with Gasteiger partial charge in [0, 0.05) is 17.8 Å². The van der Waals surface area contributed by atoms with Crippen LogP contribution < -0.4 is 4.74 Å². The molecule has 21 heavy (non-hydrogen) atoms. The highest BCUT2D eigenvalue weighted by Gasteiger charge is 2.13. The van der Waals surface area contributed by atoms with Crippen LogP contribution in [0, 0.1) is 0 Å². The van der Waals surface area contributed by atoms with E-state index < -0.39 is 5.97 Å². The number of nitrogens with zero attached hydrogens (tertiary/aromatic N) is 1. The number of carbonyl (C=O) groups excluding carboxylic acids is 2. The van der Waals surface area contributed by atoms with Crippen LogP contribution in [0.1, 0.15) is 23.7 Å². The van der Waals surface area contributed by atoms with Gasteiger partial charge in [-0.05, 0) is 25.1 Å². The van der Waals surface area contributed by atoms with Crippen molar-refractivity contribution in [1.29, 1.82) is 0 Å². The Morgan fingerprint density at radius 2 is 1.86 bits per heavy atom. The summed E-state index contributed by atoms with van der Waals surface area (Å²) in [5, 5.41) is 0. The van der Waals surface area contributed by atoms with Crippen molar-refractivity contribution in [3.63, 3.8) is 0 Å². The SMILES string of the molecule is CCOC(=O)CC(=O)c1ccc(Oc2ccccc2)nc1. The van der Waals surface area contributed by atoms with E-state index in [0.29, 0.717) is 17.2 Å². The van der Waals surface area contributed by atoms with E-state index in [1.807, 2.05) is 30.3 Å². The highest BCUT2D eigenvalue weighted by molar-refractivity contribution is 6.05. The summed E-state index contributed by atoms with van der Waals surface area (Å²) in [5.41, 5.74) is 0.350. The summed E-state index contributed by atoms with van der Waals surface area (Å²) in [5.74, 6) is 0.184. The summed E-state index contributed by atoms with van der Waals surface area (Å²) in [6, 6.07) is 12.4. The minimum absolute atomic E-state index is 0.258. The number of ketones is 1. The van der Waals surface area contributed by atoms with Gasteiger partial charge in [-0.1, -0.05) is 18.2 Å². The van der Waals surface area contributed by atoms with E-state index in [-0.39, 0.29) is 18.8 Å². The summed E-state index contributed by atoms with van der Waals surface area (Å²) in [7, 11) is 0. The van der Waals surface area contributed by atoms with E-state index >= 15 is 0 Å². The predicted octanol–water partition coefficient (Wildman–Crippen LogP) is 3.01. The maximum Gasteiger partial charge on any atom is 0.313 e. The number of ether oxygens (including phenoxy) is 2. The van der Waals surface area contributed by atoms with Gasteiger partial charge in [-0.2, -0.15) is 0 Å². The van der Waals surface area contributed by atoms with E-state index in [9.17, 15) is 9.59 Å². The van der Waals surface area contributed by atoms with E-state index in [2.05, 4.69) is 4.98 Å². The third-order valence-corrected chi connectivity index (χ3v) is 2.63. The van der Waals surface area contributed by atoms with Gasteiger partial charge >= 0.3 is 5.97 Å². The number of pyridine rings is 1. The van der Waals surface area contributed by atoms with Crippen molar-refractivity contribution in [2.24, 2.45) is 0 Å². The molecule has 0 aliphatic heterocycles. The normalized spacial score (nSPS) is 9.95. The van der Waals surface area contributed by atoms with Crippen LogP contribution in [0.3, 0.4) is 0 Å². The van der Waals surface area contributed by atoms with Crippen LogP contribution in [0.2, 0.25) is 0 Å². The van der Waals surface area contributed by atoms with Crippen molar-refractivity contribution in [3.05, 3.63) is 54.2 Å². The smallest absolute Gasteiger partial charge is 0.313 e. The third kappa shape index (κ3) is 4.42. The molecule has 0 aliphatic carbocycles. The van der Waals surface area contributed by atoms with Gasteiger partial charge in [-0.15, -0.1) is 0 Å². The number of aromatic nitrogens is 1. The molecule has 0 fully saturated rings. The van der Waals surface area contributed by atoms with Crippen LogP contribution in [0.15, 0.2) is 48.7 Å². The van der Waals surface area contributed by atoms with Crippen molar-refractivity contribution >= 4 is 11.8 Å². The standard InChI is InChI=1S/C16H15NO4/c1-2-20-16(19)10-14(18)12-8-9-15(17-11-12)21-13-6-4-3-5-7-13/h3-9,11H,2,10H2,1H3. The number of esters is 1. The van der Waals surface area contributed by atoms with Gasteiger partial charge in [-0.3, -0.25) is 9.59 Å². The Bertz CT molecular complexity index is 608. The van der Waals surface area contributed by atoms with E-state index in [1.165, 1.54) is 6.20 Å². The Morgan fingerprint density at radius 1 is 1.10 bits per heavy atom. The summed E-state index contributed by atoms with van der Waals surface area (Å²) >= 11 is 0. The lowest BCUT2D eigenvalue weighted by atomic mass is 10.1. The van der Waals surface area contributed by atoms with Crippen molar-refractivity contribution in [2.75, 3.05) is 6.61 Å². The zero-order valence-electron chi connectivity index (χ0n) is 11.6. The first-order valence-corrected chi connectivity index (χ1v) is 6.57. The third-order valence-electron chi connectivity index (χ3n) is 2.63. The van der Waals surface area contributed by atoms with E-state index in [0.717, 1.165) is 0 Å². The quantitative estimate of drug-likeness (QED) is 0.463. The van der Waals surface area contributed by atoms with Gasteiger partial charge in [-0.25, -0.2) is 4.98 Å². The Hall–Kier alpha value is -2.69. The molecule has 2 aromatic rings. The number of benzene rings is 1. The molecule has 0 unspecified atom stereocenters. The van der Waals surface area contributed by atoms with Crippen LogP contribution in [0.5, 0.6) is 11.6 Å². The zero-order valence-corrected chi connectivity index (χ0v) is 11.6. The number of para-hydroxylation sites is 1. The molecule has 0 spiro atoms. The summed E-state index contributed by atoms with van der Waals surface area (Å²) in [6.07, 6.45) is 1.11. The molecule has 0 amide bonds. The molecule has 0 saturated carbocycles. The molecule has 5 heteroatoms. The topological polar surface area (TPSA) is 65.5 Å². The fraction of sp³-hybridized carbons (Fsp3) is 0.188. The molecule has 5 nitrogen and oxygen atoms in total. The van der Waals surface area contributed by atoms with Crippen molar-refractivity contribution < 1.29 is 19.1 Å². The second-order valence-corrected chi connectivity index (χ2v) is 4.21. The van der Waals surface area contributed by atoms with E-state index in [1.54, 1.807) is 19.1 Å². The number of Topliss-reactive ketones (excluding diaryl/α,β-unsaturated/α-hetero) is 1. The van der Waals surface area contributed by atoms with Crippen LogP contribution in [-0.2, 0) is 9.53 Å². The zero-order chi connectivity index (χ0) is 15.1. The first-order valence-electron chi connectivity index (χ1n) is 6.57. The Labute approximate surface area is 122 Å². The van der Waals surface area contributed by atoms with Crippen molar-refractivity contribution in [1.82, 2.24) is 4.98 Å². The average Bonchev–Trinajstić information content (AvgIpc) is 2.49. The summed E-state index contributed by atoms with van der Waals surface area (Å²) < 4.78 is 10.3. The molecule has 0 N–H and O–H groups in total. The Morgan fingerprint density at radius 3 is 2.48 bits per heavy atom. The fourth-order valence-electron chi connectivity index (χ4n) is 1.66. The first-order chi connectivity index (χ1) is 10.2. The fourth-order valence-corrected chi connectivity index (χ4v) is 1.66. The number of hydrogen-bond donors (Lipinski definition) is 0. The highest BCUT2D eigenvalue weighted by atomic mass is 16.5. The minimum Gasteiger partial charge on any atom is -0.466 e. The predicted molar refractivity (Wildman–Crippen MR) is 76.3 cm³/mol. The molecule has 0 aliphatic rings. The lowest BCUT2D eigenvalue weighted by Gasteiger charge is -2.05. The maximum absolute atomic E-state index is 11.8. The summed E-state index contributed by atoms with van der Waals surface area (Å²) in [6.45, 7) is 1.95. The molecule has 108 valence electrons. The monoisotopic (exact) mass is 285 g/mol. The molecule has 0 saturated heterocycles. The molecule has 2 rings (SSSR count). The van der Waals surface area contributed by atoms with Gasteiger partial charge in [0.15, 0.2) is 5.78 Å². The lowest BCUT2D eigenvalue weighted by Crippen LogP contribution is -2.11. The molecular formula is C16H15NO4. The van der Waals surface area contributed by atoms with Gasteiger partial charge in [0.05, 0.1) is 6.61 Å². The van der Waals surface area contributed by atoms with Gasteiger partial charge in [0.25, 0.3) is 0 Å². The van der Waals surface area contributed by atoms with Crippen molar-refractivity contribution in [3.8, 4) is 11.6 Å². The average molecular weight is 285 g/mol. The minimum atomic E-state index is -0.535. The number of hydrogen-bond acceptors (Lipinski definition) is 5. The van der Waals surface area contributed by atoms with Crippen LogP contribution in [0.25, 0.3) is 0 Å². The maximum atomic E-state index is 11.8. The van der Waals surface area contributed by atoms with Gasteiger partial charge in [0.1, 0.15) is 12.2 Å². The molecule has 1 heterocycles. The number of rotatable bonds is 6. The Kier molecular flexibility index (Phi) is 5.04. The molecule has 1 aromatic heterocycles. The van der Waals surface area contributed by atoms with Crippen LogP contribution >= 0.6 is 0 Å². The highest BCUT2D eigenvalue weighted by Crippen LogP contribution is 2.18. The molecule has 1 aromatic carbocycles. The van der Waals surface area contributed by atoms with E-state index in [4.69, 9.17) is 9.47 Å². The molecule has 0 atom stereocenters. The molecular weight excluding hydrogens is 270 g/mol. The van der Waals surface area contributed by atoms with Gasteiger partial charge < -0.3 is 9.47 Å². The largest absolute Gasteiger partial charge is 0.466 e.